The van der Waals surface area contributed by atoms with E-state index in [0.29, 0.717) is 33.9 Å². The molecule has 2 N–H and O–H groups in total. The van der Waals surface area contributed by atoms with E-state index in [1.54, 1.807) is 41.9 Å². The molecular formula is C24H21N7O3. The number of methoxy groups -OCH3 is 1. The van der Waals surface area contributed by atoms with Crippen molar-refractivity contribution in [2.75, 3.05) is 12.4 Å². The number of carbonyl (C=O) groups excluding carboxylic acids is 1. The van der Waals surface area contributed by atoms with E-state index in [9.17, 15) is 9.59 Å². The Balaban J connectivity index is 1.57. The van der Waals surface area contributed by atoms with Crippen molar-refractivity contribution in [1.29, 1.82) is 0 Å². The zero-order valence-electron chi connectivity index (χ0n) is 18.7. The first-order chi connectivity index (χ1) is 16.4. The van der Waals surface area contributed by atoms with Crippen LogP contribution >= 0.6 is 0 Å². The highest BCUT2D eigenvalue weighted by molar-refractivity contribution is 6.04. The number of nitrogens with one attached hydrogen (secondary N) is 2. The normalized spacial score (nSPS) is 11.0. The highest BCUT2D eigenvalue weighted by Crippen LogP contribution is 2.20. The number of fused-ring (bicyclic) bond motifs is 1. The fourth-order valence-corrected chi connectivity index (χ4v) is 3.58. The number of rotatable bonds is 5. The monoisotopic (exact) mass is 455 g/mol. The number of benzene rings is 2. The van der Waals surface area contributed by atoms with Gasteiger partial charge in [-0.25, -0.2) is 4.68 Å². The van der Waals surface area contributed by atoms with Crippen molar-refractivity contribution in [2.45, 2.75) is 13.8 Å². The van der Waals surface area contributed by atoms with E-state index >= 15 is 0 Å². The van der Waals surface area contributed by atoms with Gasteiger partial charge in [-0.05, 0) is 44.2 Å². The van der Waals surface area contributed by atoms with Gasteiger partial charge in [0.25, 0.3) is 11.5 Å². The molecule has 5 rings (SSSR count). The molecule has 10 heteroatoms. The van der Waals surface area contributed by atoms with Gasteiger partial charge in [0.05, 0.1) is 24.7 Å². The first kappa shape index (κ1) is 21.1. The van der Waals surface area contributed by atoms with Gasteiger partial charge in [-0.2, -0.15) is 19.9 Å². The average molecular weight is 455 g/mol. The Hall–Kier alpha value is -4.73. The van der Waals surface area contributed by atoms with Crippen LogP contribution in [0.2, 0.25) is 0 Å². The SMILES string of the molecule is COc1cccc(C(=O)Nc2cc(C)nn2-c2nc3c(cnn3-c3ccc(C)cc3)c(=O)[nH]2)c1. The minimum atomic E-state index is -0.364. The Morgan fingerprint density at radius 3 is 2.62 bits per heavy atom. The number of hydrogen-bond acceptors (Lipinski definition) is 6. The minimum Gasteiger partial charge on any atom is -0.497 e. The molecular weight excluding hydrogens is 434 g/mol. The molecule has 1 amide bonds. The summed E-state index contributed by atoms with van der Waals surface area (Å²) in [6, 6.07) is 16.2. The maximum atomic E-state index is 12.9. The fraction of sp³-hybridized carbons (Fsp3) is 0.125. The van der Waals surface area contributed by atoms with Crippen molar-refractivity contribution in [3.05, 3.63) is 88.0 Å². The second-order valence-electron chi connectivity index (χ2n) is 7.79. The van der Waals surface area contributed by atoms with Crippen LogP contribution < -0.4 is 15.6 Å². The van der Waals surface area contributed by atoms with Crippen LogP contribution in [0.15, 0.2) is 65.6 Å². The van der Waals surface area contributed by atoms with Gasteiger partial charge in [-0.15, -0.1) is 0 Å². The number of aromatic nitrogens is 6. The van der Waals surface area contributed by atoms with Gasteiger partial charge in [0, 0.05) is 11.6 Å². The van der Waals surface area contributed by atoms with Crippen LogP contribution in [0, 0.1) is 13.8 Å². The van der Waals surface area contributed by atoms with Gasteiger partial charge in [0.15, 0.2) is 5.65 Å². The molecule has 34 heavy (non-hydrogen) atoms. The number of aromatic amines is 1. The van der Waals surface area contributed by atoms with E-state index in [-0.39, 0.29) is 17.4 Å². The molecule has 0 saturated heterocycles. The van der Waals surface area contributed by atoms with E-state index in [1.165, 1.54) is 18.0 Å². The molecule has 0 aliphatic heterocycles. The zero-order valence-corrected chi connectivity index (χ0v) is 18.7. The summed E-state index contributed by atoms with van der Waals surface area (Å²) in [5, 5.41) is 11.9. The van der Waals surface area contributed by atoms with E-state index in [1.807, 2.05) is 31.2 Å². The lowest BCUT2D eigenvalue weighted by Crippen LogP contribution is -2.19. The Morgan fingerprint density at radius 2 is 1.85 bits per heavy atom. The molecule has 0 spiro atoms. The van der Waals surface area contributed by atoms with Crippen LogP contribution in [0.5, 0.6) is 5.75 Å². The quantitative estimate of drug-likeness (QED) is 0.420. The third-order valence-corrected chi connectivity index (χ3v) is 5.31. The molecule has 0 radical (unpaired) electrons. The van der Waals surface area contributed by atoms with Crippen molar-refractivity contribution < 1.29 is 9.53 Å². The number of H-pyrrole nitrogens is 1. The first-order valence-corrected chi connectivity index (χ1v) is 10.5. The Kier molecular flexibility index (Phi) is 5.17. The van der Waals surface area contributed by atoms with E-state index in [4.69, 9.17) is 4.74 Å². The number of hydrogen-bond donors (Lipinski definition) is 2. The van der Waals surface area contributed by atoms with E-state index < -0.39 is 0 Å². The molecule has 0 saturated carbocycles. The van der Waals surface area contributed by atoms with Gasteiger partial charge >= 0.3 is 0 Å². The first-order valence-electron chi connectivity index (χ1n) is 10.5. The van der Waals surface area contributed by atoms with Gasteiger partial charge in [0.2, 0.25) is 5.95 Å². The number of carbonyl (C=O) groups is 1. The standard InChI is InChI=1S/C24H21N7O3/c1-14-7-9-17(10-8-14)30-21-19(13-25-30)23(33)28-24(27-21)31-20(11-15(2)29-31)26-22(32)16-5-4-6-18(12-16)34-3/h4-13H,1-3H3,(H,26,32)(H,27,28,33). The second kappa shape index (κ2) is 8.32. The van der Waals surface area contributed by atoms with Gasteiger partial charge in [-0.1, -0.05) is 23.8 Å². The van der Waals surface area contributed by atoms with Gasteiger partial charge in [-0.3, -0.25) is 14.6 Å². The summed E-state index contributed by atoms with van der Waals surface area (Å²) >= 11 is 0. The number of nitrogens with zero attached hydrogens (tertiary/aromatic N) is 5. The molecule has 5 aromatic rings. The Bertz CT molecular complexity index is 1580. The third kappa shape index (κ3) is 3.81. The van der Waals surface area contributed by atoms with Crippen LogP contribution in [-0.4, -0.2) is 42.5 Å². The summed E-state index contributed by atoms with van der Waals surface area (Å²) in [4.78, 5) is 33.0. The summed E-state index contributed by atoms with van der Waals surface area (Å²) in [5.41, 5.74) is 2.94. The summed E-state index contributed by atoms with van der Waals surface area (Å²) in [6.07, 6.45) is 1.48. The van der Waals surface area contributed by atoms with Crippen molar-refractivity contribution >= 4 is 22.8 Å². The van der Waals surface area contributed by atoms with E-state index in [2.05, 4.69) is 25.5 Å². The van der Waals surface area contributed by atoms with Crippen molar-refractivity contribution in [1.82, 2.24) is 29.5 Å². The van der Waals surface area contributed by atoms with Crippen LogP contribution in [0.1, 0.15) is 21.6 Å². The number of amides is 1. The maximum absolute atomic E-state index is 12.9. The molecule has 0 atom stereocenters. The largest absolute Gasteiger partial charge is 0.497 e. The summed E-state index contributed by atoms with van der Waals surface area (Å²) < 4.78 is 8.18. The lowest BCUT2D eigenvalue weighted by atomic mass is 10.2. The zero-order chi connectivity index (χ0) is 23.8. The molecule has 10 nitrogen and oxygen atoms in total. The molecule has 0 aliphatic carbocycles. The van der Waals surface area contributed by atoms with Crippen molar-refractivity contribution in [3.63, 3.8) is 0 Å². The van der Waals surface area contributed by atoms with Crippen LogP contribution in [-0.2, 0) is 0 Å². The molecule has 2 aromatic carbocycles. The topological polar surface area (TPSA) is 120 Å². The molecule has 0 unspecified atom stereocenters. The van der Waals surface area contributed by atoms with Gasteiger partial charge in [0.1, 0.15) is 17.0 Å². The van der Waals surface area contributed by atoms with Crippen LogP contribution in [0.25, 0.3) is 22.7 Å². The molecule has 0 fully saturated rings. The second-order valence-corrected chi connectivity index (χ2v) is 7.79. The third-order valence-electron chi connectivity index (χ3n) is 5.31. The molecule has 3 aromatic heterocycles. The lowest BCUT2D eigenvalue weighted by Gasteiger charge is -2.09. The predicted octanol–water partition coefficient (Wildman–Crippen LogP) is 3.17. The fourth-order valence-electron chi connectivity index (χ4n) is 3.58. The average Bonchev–Trinajstić information content (AvgIpc) is 3.43. The number of ether oxygens (including phenoxy) is 1. The predicted molar refractivity (Wildman–Crippen MR) is 127 cm³/mol. The highest BCUT2D eigenvalue weighted by Gasteiger charge is 2.17. The van der Waals surface area contributed by atoms with Crippen LogP contribution in [0.3, 0.4) is 0 Å². The highest BCUT2D eigenvalue weighted by atomic mass is 16.5. The molecule has 3 heterocycles. The molecule has 0 bridgehead atoms. The number of aryl methyl sites for hydroxylation is 2. The van der Waals surface area contributed by atoms with E-state index in [0.717, 1.165) is 11.3 Å². The minimum absolute atomic E-state index is 0.153. The smallest absolute Gasteiger partial charge is 0.263 e. The van der Waals surface area contributed by atoms with Crippen molar-refractivity contribution in [2.24, 2.45) is 0 Å². The Morgan fingerprint density at radius 1 is 1.06 bits per heavy atom. The summed E-state index contributed by atoms with van der Waals surface area (Å²) in [6.45, 7) is 3.78. The summed E-state index contributed by atoms with van der Waals surface area (Å²) in [7, 11) is 1.54. The van der Waals surface area contributed by atoms with Crippen LogP contribution in [0.4, 0.5) is 5.82 Å². The maximum Gasteiger partial charge on any atom is 0.263 e. The number of anilines is 1. The van der Waals surface area contributed by atoms with Gasteiger partial charge < -0.3 is 10.1 Å². The lowest BCUT2D eigenvalue weighted by molar-refractivity contribution is 0.102. The summed E-state index contributed by atoms with van der Waals surface area (Å²) in [5.74, 6) is 0.723. The molecule has 170 valence electrons. The Labute approximate surface area is 193 Å². The van der Waals surface area contributed by atoms with Crippen molar-refractivity contribution in [3.8, 4) is 17.4 Å². The molecule has 0 aliphatic rings.